The minimum Gasteiger partial charge on any atom is -0.426 e. The molecule has 0 radical (unpaired) electrons. The highest BCUT2D eigenvalue weighted by molar-refractivity contribution is 9.10. The number of amides is 2. The number of hydrogen-bond acceptors (Lipinski definition) is 4. The van der Waals surface area contributed by atoms with Gasteiger partial charge in [-0.3, -0.25) is 9.59 Å². The summed E-state index contributed by atoms with van der Waals surface area (Å²) in [6.07, 6.45) is -0.335. The van der Waals surface area contributed by atoms with Crippen LogP contribution in [0.15, 0.2) is 22.7 Å². The topological polar surface area (TPSA) is 98.7 Å². The van der Waals surface area contributed by atoms with E-state index in [-0.39, 0.29) is 18.6 Å². The van der Waals surface area contributed by atoms with E-state index in [0.717, 1.165) is 6.07 Å². The zero-order valence-corrected chi connectivity index (χ0v) is 11.3. The van der Waals surface area contributed by atoms with Crippen molar-refractivity contribution < 1.29 is 24.0 Å². The summed E-state index contributed by atoms with van der Waals surface area (Å²) in [5.74, 6) is -1.78. The molecule has 0 saturated heterocycles. The van der Waals surface area contributed by atoms with E-state index >= 15 is 0 Å². The smallest absolute Gasteiger partial charge is 0.426 e. The highest BCUT2D eigenvalue weighted by atomic mass is 79.9. The van der Waals surface area contributed by atoms with Gasteiger partial charge >= 0.3 is 7.12 Å². The van der Waals surface area contributed by atoms with Crippen LogP contribution < -0.4 is 10.6 Å². The van der Waals surface area contributed by atoms with Crippen LogP contribution in [0, 0.1) is 5.82 Å². The van der Waals surface area contributed by atoms with Crippen molar-refractivity contribution in [3.8, 4) is 0 Å². The molecule has 9 heteroatoms. The Kier molecular flexibility index (Phi) is 5.93. The van der Waals surface area contributed by atoms with Gasteiger partial charge in [0, 0.05) is 4.47 Å². The predicted molar refractivity (Wildman–Crippen MR) is 69.6 cm³/mol. The summed E-state index contributed by atoms with van der Waals surface area (Å²) in [7, 11) is -1.66. The van der Waals surface area contributed by atoms with Crippen molar-refractivity contribution >= 4 is 34.9 Å². The van der Waals surface area contributed by atoms with Crippen LogP contribution in [0.3, 0.4) is 0 Å². The van der Waals surface area contributed by atoms with Gasteiger partial charge < -0.3 is 20.7 Å². The van der Waals surface area contributed by atoms with Crippen LogP contribution in [0.4, 0.5) is 4.39 Å². The van der Waals surface area contributed by atoms with Gasteiger partial charge in [-0.2, -0.15) is 0 Å². The lowest BCUT2D eigenvalue weighted by Crippen LogP contribution is -2.41. The maximum Gasteiger partial charge on any atom is 0.472 e. The Morgan fingerprint density at radius 2 is 2.00 bits per heavy atom. The Morgan fingerprint density at radius 1 is 1.32 bits per heavy atom. The second kappa shape index (κ2) is 7.22. The molecule has 0 saturated carbocycles. The molecular weight excluding hydrogens is 322 g/mol. The molecule has 0 aromatic heterocycles. The Hall–Kier alpha value is -1.45. The third-order valence-corrected chi connectivity index (χ3v) is 2.76. The number of nitrogens with one attached hydrogen (secondary N) is 2. The normalized spacial score (nSPS) is 9.89. The lowest BCUT2D eigenvalue weighted by molar-refractivity contribution is -0.119. The van der Waals surface area contributed by atoms with Crippen molar-refractivity contribution in [2.75, 3.05) is 13.0 Å². The van der Waals surface area contributed by atoms with Crippen molar-refractivity contribution in [1.82, 2.24) is 10.6 Å². The van der Waals surface area contributed by atoms with Crippen LogP contribution in [-0.4, -0.2) is 42.0 Å². The first-order valence-electron chi connectivity index (χ1n) is 5.26. The van der Waals surface area contributed by atoms with Gasteiger partial charge in [-0.25, -0.2) is 4.39 Å². The molecule has 0 aliphatic heterocycles. The van der Waals surface area contributed by atoms with Gasteiger partial charge in [0.05, 0.1) is 18.6 Å². The molecule has 19 heavy (non-hydrogen) atoms. The molecule has 0 spiro atoms. The largest absolute Gasteiger partial charge is 0.472 e. The second-order valence-electron chi connectivity index (χ2n) is 3.59. The summed E-state index contributed by atoms with van der Waals surface area (Å²) in [6.45, 7) is -0.353. The summed E-state index contributed by atoms with van der Waals surface area (Å²) >= 11 is 3.09. The third kappa shape index (κ3) is 5.37. The molecule has 6 nitrogen and oxygen atoms in total. The van der Waals surface area contributed by atoms with E-state index in [4.69, 9.17) is 10.0 Å². The molecule has 1 aromatic rings. The van der Waals surface area contributed by atoms with Gasteiger partial charge in [-0.05, 0) is 34.1 Å². The molecule has 0 aliphatic rings. The molecule has 102 valence electrons. The van der Waals surface area contributed by atoms with E-state index in [1.165, 1.54) is 12.1 Å². The standard InChI is InChI=1S/C10H11BBrFN2O4/c12-8-2-1-6(13)3-7(8)10(17)14-4-9(16)15-5-11(18)19/h1-3,18-19H,4-5H2,(H,14,17)(H,15,16). The molecule has 0 bridgehead atoms. The minimum absolute atomic E-state index is 0.0648. The van der Waals surface area contributed by atoms with Crippen LogP contribution in [0.25, 0.3) is 0 Å². The Balaban J connectivity index is 2.51. The number of rotatable bonds is 5. The fourth-order valence-corrected chi connectivity index (χ4v) is 1.62. The average molecular weight is 333 g/mol. The Bertz CT molecular complexity index is 487. The SMILES string of the molecule is O=C(CNC(=O)c1cc(F)ccc1Br)NCB(O)O. The average Bonchev–Trinajstić information content (AvgIpc) is 2.36. The number of carbonyl (C=O) groups excluding carboxylic acids is 2. The van der Waals surface area contributed by atoms with Gasteiger partial charge in [0.1, 0.15) is 5.82 Å². The summed E-state index contributed by atoms with van der Waals surface area (Å²) in [5, 5.41) is 21.5. The molecule has 1 rings (SSSR count). The summed E-state index contributed by atoms with van der Waals surface area (Å²) in [4.78, 5) is 22.9. The first-order chi connectivity index (χ1) is 8.90. The number of carbonyl (C=O) groups is 2. The third-order valence-electron chi connectivity index (χ3n) is 2.06. The van der Waals surface area contributed by atoms with Gasteiger partial charge in [0.25, 0.3) is 5.91 Å². The molecule has 0 fully saturated rings. The monoisotopic (exact) mass is 332 g/mol. The highest BCUT2D eigenvalue weighted by Crippen LogP contribution is 2.17. The summed E-state index contributed by atoms with van der Waals surface area (Å²) in [6, 6.07) is 3.61. The van der Waals surface area contributed by atoms with Gasteiger partial charge in [-0.1, -0.05) is 0 Å². The second-order valence-corrected chi connectivity index (χ2v) is 4.45. The van der Waals surface area contributed by atoms with Crippen LogP contribution >= 0.6 is 15.9 Å². The van der Waals surface area contributed by atoms with Crippen molar-refractivity contribution in [2.45, 2.75) is 0 Å². The van der Waals surface area contributed by atoms with Crippen LogP contribution in [0.5, 0.6) is 0 Å². The molecule has 4 N–H and O–H groups in total. The van der Waals surface area contributed by atoms with Gasteiger partial charge in [0.15, 0.2) is 0 Å². The Morgan fingerprint density at radius 3 is 2.63 bits per heavy atom. The van der Waals surface area contributed by atoms with E-state index < -0.39 is 24.7 Å². The molecule has 1 aromatic carbocycles. The molecule has 0 aliphatic carbocycles. The fraction of sp³-hybridized carbons (Fsp3) is 0.200. The van der Waals surface area contributed by atoms with Crippen molar-refractivity contribution in [2.24, 2.45) is 0 Å². The number of halogens is 2. The van der Waals surface area contributed by atoms with Crippen molar-refractivity contribution in [1.29, 1.82) is 0 Å². The lowest BCUT2D eigenvalue weighted by atomic mass is 9.92. The quantitative estimate of drug-likeness (QED) is 0.543. The van der Waals surface area contributed by atoms with Gasteiger partial charge in [0.2, 0.25) is 5.91 Å². The first-order valence-corrected chi connectivity index (χ1v) is 6.05. The predicted octanol–water partition coefficient (Wildman–Crippen LogP) is -0.554. The maximum atomic E-state index is 13.0. The van der Waals surface area contributed by atoms with E-state index in [1.807, 2.05) is 0 Å². The van der Waals surface area contributed by atoms with Gasteiger partial charge in [-0.15, -0.1) is 0 Å². The molecule has 0 atom stereocenters. The van der Waals surface area contributed by atoms with Crippen LogP contribution in [0.1, 0.15) is 10.4 Å². The highest BCUT2D eigenvalue weighted by Gasteiger charge is 2.13. The number of hydrogen-bond donors (Lipinski definition) is 4. The fourth-order valence-electron chi connectivity index (χ4n) is 1.19. The van der Waals surface area contributed by atoms with E-state index in [1.54, 1.807) is 0 Å². The van der Waals surface area contributed by atoms with Crippen molar-refractivity contribution in [3.63, 3.8) is 0 Å². The molecule has 0 heterocycles. The van der Waals surface area contributed by atoms with Crippen molar-refractivity contribution in [3.05, 3.63) is 34.1 Å². The lowest BCUT2D eigenvalue weighted by Gasteiger charge is -2.07. The Labute approximate surface area is 117 Å². The maximum absolute atomic E-state index is 13.0. The van der Waals surface area contributed by atoms with Crippen LogP contribution in [0.2, 0.25) is 0 Å². The molecule has 2 amide bonds. The van der Waals surface area contributed by atoms with E-state index in [9.17, 15) is 14.0 Å². The number of benzene rings is 1. The summed E-state index contributed by atoms with van der Waals surface area (Å²) < 4.78 is 13.4. The van der Waals surface area contributed by atoms with E-state index in [2.05, 4.69) is 26.6 Å². The summed E-state index contributed by atoms with van der Waals surface area (Å²) in [5.41, 5.74) is 0.0648. The zero-order valence-electron chi connectivity index (χ0n) is 9.69. The van der Waals surface area contributed by atoms with Crippen LogP contribution in [-0.2, 0) is 4.79 Å². The molecule has 0 unspecified atom stereocenters. The minimum atomic E-state index is -1.66. The first kappa shape index (κ1) is 15.6. The zero-order chi connectivity index (χ0) is 14.4. The van der Waals surface area contributed by atoms with E-state index in [0.29, 0.717) is 4.47 Å². The molecular formula is C10H11BBrFN2O4.